The fraction of sp³-hybridized carbons (Fsp3) is 0.400. The van der Waals surface area contributed by atoms with Crippen LogP contribution in [0.25, 0.3) is 0 Å². The second kappa shape index (κ2) is 5.00. The molecule has 1 rings (SSSR count). The molecule has 0 aromatic heterocycles. The second-order valence-electron chi connectivity index (χ2n) is 2.73. The molecule has 0 bridgehead atoms. The lowest BCUT2D eigenvalue weighted by Gasteiger charge is -1.98. The van der Waals surface area contributed by atoms with Crippen molar-refractivity contribution in [3.8, 4) is 0 Å². The Morgan fingerprint density at radius 3 is 2.36 bits per heavy atom. The zero-order valence-electron chi connectivity index (χ0n) is 6.79. The van der Waals surface area contributed by atoms with Crippen LogP contribution in [0.3, 0.4) is 0 Å². The second-order valence-corrected chi connectivity index (χ2v) is 2.73. The summed E-state index contributed by atoms with van der Waals surface area (Å²) in [6.45, 7) is 0. The zero-order chi connectivity index (χ0) is 7.94. The number of hydrogen-bond donors (Lipinski definition) is 0. The molecular weight excluding hydrogens is 131 g/mol. The van der Waals surface area contributed by atoms with Gasteiger partial charge in [0.2, 0.25) is 0 Å². The third kappa shape index (κ3) is 3.27. The van der Waals surface area contributed by atoms with E-state index in [9.17, 15) is 0 Å². The Kier molecular flexibility index (Phi) is 3.81. The van der Waals surface area contributed by atoms with Gasteiger partial charge in [0, 0.05) is 0 Å². The minimum Gasteiger partial charge on any atom is -0.0887 e. The molecule has 0 saturated heterocycles. The Morgan fingerprint density at radius 2 is 1.73 bits per heavy atom. The molecule has 11 heavy (non-hydrogen) atoms. The number of benzene rings is 1. The Morgan fingerprint density at radius 1 is 1.00 bits per heavy atom. The maximum Gasteiger partial charge on any atom is 0.0653 e. The quantitative estimate of drug-likeness (QED) is 0.450. The van der Waals surface area contributed by atoms with Crippen LogP contribution in [0, 0.1) is 0 Å². The van der Waals surface area contributed by atoms with Gasteiger partial charge in [-0.1, -0.05) is 43.1 Å². The summed E-state index contributed by atoms with van der Waals surface area (Å²) in [6, 6.07) is 10.5. The van der Waals surface area contributed by atoms with Crippen LogP contribution in [-0.2, 0) is 6.42 Å². The van der Waals surface area contributed by atoms with Crippen molar-refractivity contribution >= 4 is 7.85 Å². The van der Waals surface area contributed by atoms with Gasteiger partial charge in [-0.05, 0) is 18.4 Å². The molecule has 0 spiro atoms. The van der Waals surface area contributed by atoms with Gasteiger partial charge in [-0.15, -0.1) is 0 Å². The molecule has 0 amide bonds. The summed E-state index contributed by atoms with van der Waals surface area (Å²) in [6.07, 6.45) is 4.32. The van der Waals surface area contributed by atoms with E-state index in [2.05, 4.69) is 24.3 Å². The Balaban J connectivity index is 2.28. The molecule has 1 aromatic rings. The normalized spacial score (nSPS) is 9.82. The first-order valence-electron chi connectivity index (χ1n) is 4.17. The fourth-order valence-corrected chi connectivity index (χ4v) is 1.12. The minimum atomic E-state index is 0.812. The highest BCUT2D eigenvalue weighted by Gasteiger charge is 1.89. The highest BCUT2D eigenvalue weighted by molar-refractivity contribution is 6.08. The molecule has 0 aliphatic carbocycles. The van der Waals surface area contributed by atoms with Gasteiger partial charge in [-0.25, -0.2) is 0 Å². The van der Waals surface area contributed by atoms with Crippen LogP contribution in [0.1, 0.15) is 18.4 Å². The molecule has 0 aliphatic rings. The lowest BCUT2D eigenvalue weighted by molar-refractivity contribution is 0.794. The van der Waals surface area contributed by atoms with Crippen LogP contribution in [0.5, 0.6) is 0 Å². The summed E-state index contributed by atoms with van der Waals surface area (Å²) in [4.78, 5) is 0. The average Bonchev–Trinajstić information content (AvgIpc) is 2.07. The molecule has 0 atom stereocenters. The van der Waals surface area contributed by atoms with Gasteiger partial charge >= 0.3 is 0 Å². The number of rotatable bonds is 4. The smallest absolute Gasteiger partial charge is 0.0653 e. The molecule has 2 radical (unpaired) electrons. The van der Waals surface area contributed by atoms with Gasteiger partial charge < -0.3 is 0 Å². The largest absolute Gasteiger partial charge is 0.0887 e. The predicted octanol–water partition coefficient (Wildman–Crippen LogP) is 2.60. The van der Waals surface area contributed by atoms with Crippen LogP contribution >= 0.6 is 0 Å². The van der Waals surface area contributed by atoms with Gasteiger partial charge in [-0.3, -0.25) is 0 Å². The molecule has 1 aromatic carbocycles. The SMILES string of the molecule is [B]CCCCc1ccccc1. The van der Waals surface area contributed by atoms with E-state index in [0.29, 0.717) is 0 Å². The van der Waals surface area contributed by atoms with E-state index in [1.54, 1.807) is 0 Å². The van der Waals surface area contributed by atoms with Crippen LogP contribution < -0.4 is 0 Å². The third-order valence-electron chi connectivity index (χ3n) is 1.76. The van der Waals surface area contributed by atoms with E-state index in [1.165, 1.54) is 12.0 Å². The van der Waals surface area contributed by atoms with Crippen LogP contribution in [0.4, 0.5) is 0 Å². The molecule has 56 valence electrons. The molecule has 0 saturated carbocycles. The van der Waals surface area contributed by atoms with Crippen LogP contribution in [0.15, 0.2) is 30.3 Å². The van der Waals surface area contributed by atoms with Gasteiger partial charge in [0.1, 0.15) is 0 Å². The van der Waals surface area contributed by atoms with Gasteiger partial charge in [0.05, 0.1) is 7.85 Å². The predicted molar refractivity (Wildman–Crippen MR) is 49.9 cm³/mol. The Hall–Kier alpha value is -0.715. The average molecular weight is 144 g/mol. The van der Waals surface area contributed by atoms with Crippen molar-refractivity contribution in [3.05, 3.63) is 35.9 Å². The lowest BCUT2D eigenvalue weighted by atomic mass is 9.98. The molecule has 0 unspecified atom stereocenters. The zero-order valence-corrected chi connectivity index (χ0v) is 6.79. The van der Waals surface area contributed by atoms with E-state index in [1.807, 2.05) is 6.07 Å². The molecule has 0 nitrogen and oxygen atoms in total. The molecule has 1 heteroatoms. The van der Waals surface area contributed by atoms with Crippen molar-refractivity contribution in [2.45, 2.75) is 25.6 Å². The fourth-order valence-electron chi connectivity index (χ4n) is 1.12. The number of aryl methyl sites for hydroxylation is 1. The van der Waals surface area contributed by atoms with Crippen LogP contribution in [-0.4, -0.2) is 7.85 Å². The topological polar surface area (TPSA) is 0 Å². The maximum atomic E-state index is 5.39. The van der Waals surface area contributed by atoms with Crippen molar-refractivity contribution in [2.75, 3.05) is 0 Å². The summed E-state index contributed by atoms with van der Waals surface area (Å²) in [5.74, 6) is 0. The third-order valence-corrected chi connectivity index (χ3v) is 1.76. The summed E-state index contributed by atoms with van der Waals surface area (Å²) in [5.41, 5.74) is 1.42. The number of hydrogen-bond acceptors (Lipinski definition) is 0. The summed E-state index contributed by atoms with van der Waals surface area (Å²) < 4.78 is 0. The van der Waals surface area contributed by atoms with E-state index >= 15 is 0 Å². The monoisotopic (exact) mass is 144 g/mol. The van der Waals surface area contributed by atoms with E-state index in [0.717, 1.165) is 19.2 Å². The van der Waals surface area contributed by atoms with E-state index < -0.39 is 0 Å². The Labute approximate surface area is 70.0 Å². The van der Waals surface area contributed by atoms with Crippen LogP contribution in [0.2, 0.25) is 6.32 Å². The maximum absolute atomic E-state index is 5.39. The standard InChI is InChI=1S/C10H13B/c11-9-5-4-8-10-6-2-1-3-7-10/h1-3,6-7H,4-5,8-9H2. The minimum absolute atomic E-state index is 0.812. The van der Waals surface area contributed by atoms with Gasteiger partial charge in [-0.2, -0.15) is 0 Å². The van der Waals surface area contributed by atoms with Crippen molar-refractivity contribution in [1.29, 1.82) is 0 Å². The van der Waals surface area contributed by atoms with Crippen molar-refractivity contribution < 1.29 is 0 Å². The molecule has 0 aliphatic heterocycles. The molecule has 0 heterocycles. The highest BCUT2D eigenvalue weighted by atomic mass is 13.9. The summed E-state index contributed by atoms with van der Waals surface area (Å²) >= 11 is 0. The first kappa shape index (κ1) is 8.38. The molecular formula is C10H13B. The van der Waals surface area contributed by atoms with Gasteiger partial charge in [0.15, 0.2) is 0 Å². The molecule has 0 N–H and O–H groups in total. The summed E-state index contributed by atoms with van der Waals surface area (Å²) in [7, 11) is 5.39. The van der Waals surface area contributed by atoms with Crippen molar-refractivity contribution in [2.24, 2.45) is 0 Å². The first-order valence-corrected chi connectivity index (χ1v) is 4.17. The van der Waals surface area contributed by atoms with E-state index in [4.69, 9.17) is 7.85 Å². The van der Waals surface area contributed by atoms with E-state index in [-0.39, 0.29) is 0 Å². The van der Waals surface area contributed by atoms with Crippen molar-refractivity contribution in [3.63, 3.8) is 0 Å². The summed E-state index contributed by atoms with van der Waals surface area (Å²) in [5, 5.41) is 0. The highest BCUT2D eigenvalue weighted by Crippen LogP contribution is 2.04. The molecule has 0 fully saturated rings. The first-order chi connectivity index (χ1) is 5.43. The Bertz CT molecular complexity index is 181. The number of unbranched alkanes of at least 4 members (excludes halogenated alkanes) is 1. The van der Waals surface area contributed by atoms with Gasteiger partial charge in [0.25, 0.3) is 0 Å². The lowest BCUT2D eigenvalue weighted by Crippen LogP contribution is -1.83. The van der Waals surface area contributed by atoms with Crippen molar-refractivity contribution in [1.82, 2.24) is 0 Å².